The van der Waals surface area contributed by atoms with Crippen molar-refractivity contribution in [2.75, 3.05) is 13.2 Å². The molecule has 0 radical (unpaired) electrons. The molecule has 7 atom stereocenters. The number of nitrogens with one attached hydrogen (secondary N) is 1. The smallest absolute Gasteiger partial charge is 0.220 e. The van der Waals surface area contributed by atoms with Gasteiger partial charge in [0.2, 0.25) is 5.91 Å². The number of aliphatic hydroxyl groups excluding tert-OH is 5. The van der Waals surface area contributed by atoms with Crippen molar-refractivity contribution in [2.24, 2.45) is 0 Å². The molecular formula is C73H137NO8. The summed E-state index contributed by atoms with van der Waals surface area (Å²) in [6.45, 7) is 3.82. The van der Waals surface area contributed by atoms with Crippen LogP contribution in [0, 0.1) is 0 Å². The maximum atomic E-state index is 13.1. The van der Waals surface area contributed by atoms with Crippen molar-refractivity contribution in [3.05, 3.63) is 48.6 Å². The number of amides is 1. The molecule has 0 saturated carbocycles. The topological polar surface area (TPSA) is 149 Å². The third-order valence-electron chi connectivity index (χ3n) is 17.1. The van der Waals surface area contributed by atoms with Crippen molar-refractivity contribution in [3.8, 4) is 0 Å². The molecule has 1 rings (SSSR count). The summed E-state index contributed by atoms with van der Waals surface area (Å²) in [7, 11) is 0. The lowest BCUT2D eigenvalue weighted by Gasteiger charge is -2.40. The van der Waals surface area contributed by atoms with Crippen molar-refractivity contribution >= 4 is 5.91 Å². The zero-order chi connectivity index (χ0) is 59.3. The summed E-state index contributed by atoms with van der Waals surface area (Å²) in [6.07, 6.45) is 77.9. The van der Waals surface area contributed by atoms with Crippen molar-refractivity contribution in [1.29, 1.82) is 0 Å². The summed E-state index contributed by atoms with van der Waals surface area (Å²) in [5.41, 5.74) is 0. The minimum atomic E-state index is -1.57. The second kappa shape index (κ2) is 62.2. The third kappa shape index (κ3) is 50.3. The Labute approximate surface area is 507 Å². The fourth-order valence-corrected chi connectivity index (χ4v) is 11.5. The van der Waals surface area contributed by atoms with E-state index < -0.39 is 49.5 Å². The Morgan fingerprint density at radius 3 is 1.06 bits per heavy atom. The maximum absolute atomic E-state index is 13.1. The minimum absolute atomic E-state index is 0.172. The van der Waals surface area contributed by atoms with Crippen LogP contribution in [-0.2, 0) is 14.3 Å². The van der Waals surface area contributed by atoms with E-state index >= 15 is 0 Å². The number of unbranched alkanes of at least 4 members (excludes halogenated alkanes) is 47. The second-order valence-electron chi connectivity index (χ2n) is 25.0. The molecule has 0 aromatic heterocycles. The van der Waals surface area contributed by atoms with Crippen LogP contribution in [0.25, 0.3) is 0 Å². The third-order valence-corrected chi connectivity index (χ3v) is 17.1. The van der Waals surface area contributed by atoms with Gasteiger partial charge in [-0.1, -0.05) is 339 Å². The minimum Gasteiger partial charge on any atom is -0.394 e. The molecule has 1 fully saturated rings. The molecule has 0 aromatic carbocycles. The average Bonchev–Trinajstić information content (AvgIpc) is 3.52. The molecule has 6 N–H and O–H groups in total. The van der Waals surface area contributed by atoms with Gasteiger partial charge >= 0.3 is 0 Å². The first-order chi connectivity index (χ1) is 40.3. The lowest BCUT2D eigenvalue weighted by atomic mass is 9.99. The lowest BCUT2D eigenvalue weighted by Crippen LogP contribution is -2.60. The van der Waals surface area contributed by atoms with Crippen LogP contribution in [0.1, 0.15) is 354 Å². The molecule has 1 saturated heterocycles. The molecule has 1 aliphatic heterocycles. The maximum Gasteiger partial charge on any atom is 0.220 e. The number of allylic oxidation sites excluding steroid dienone is 7. The Bertz CT molecular complexity index is 1430. The van der Waals surface area contributed by atoms with Gasteiger partial charge in [0.15, 0.2) is 6.29 Å². The molecule has 7 unspecified atom stereocenters. The molecular weight excluding hydrogens is 1020 g/mol. The monoisotopic (exact) mass is 1160 g/mol. The Morgan fingerprint density at radius 1 is 0.415 bits per heavy atom. The largest absolute Gasteiger partial charge is 0.394 e. The van der Waals surface area contributed by atoms with E-state index in [2.05, 4.69) is 55.6 Å². The Balaban J connectivity index is 2.12. The Hall–Kier alpha value is -1.85. The molecule has 9 nitrogen and oxygen atoms in total. The molecule has 0 aromatic rings. The van der Waals surface area contributed by atoms with Gasteiger partial charge in [-0.15, -0.1) is 0 Å². The van der Waals surface area contributed by atoms with Crippen molar-refractivity contribution < 1.29 is 39.8 Å². The first kappa shape index (κ1) is 78.2. The zero-order valence-electron chi connectivity index (χ0n) is 54.0. The van der Waals surface area contributed by atoms with Crippen LogP contribution in [-0.4, -0.2) is 87.5 Å². The normalized spacial score (nSPS) is 18.5. The number of ether oxygens (including phenoxy) is 2. The Kier molecular flexibility index (Phi) is 59.3. The van der Waals surface area contributed by atoms with Crippen molar-refractivity contribution in [1.82, 2.24) is 5.32 Å². The van der Waals surface area contributed by atoms with E-state index in [9.17, 15) is 30.3 Å². The second-order valence-corrected chi connectivity index (χ2v) is 25.0. The van der Waals surface area contributed by atoms with E-state index in [1.165, 1.54) is 283 Å². The standard InChI is InChI=1S/C73H137NO8/c1-3-5-7-9-11-13-15-17-19-21-23-25-27-29-31-33-34-35-37-39-41-43-45-47-49-51-53-55-57-59-61-63-69(77)74-66(65-81-73-72(80)71(79)70(78)68(64-75)82-73)67(76)62-60-58-56-54-52-50-48-46-44-42-40-38-36-32-30-28-26-24-22-20-18-16-14-12-10-8-6-4-2/h15,17,21,23,27,29,60,62,66-68,70-73,75-76,78-80H,3-14,16,18-20,22,24-26,28,30-59,61,63-65H2,1-2H3,(H,74,77)/b17-15-,23-21-,29-27-,62-60+. The van der Waals surface area contributed by atoms with Crippen LogP contribution in [0.5, 0.6) is 0 Å². The fraction of sp³-hybridized carbons (Fsp3) is 0.877. The Morgan fingerprint density at radius 2 is 0.720 bits per heavy atom. The summed E-state index contributed by atoms with van der Waals surface area (Å²) in [6, 6.07) is -0.807. The van der Waals surface area contributed by atoms with E-state index in [-0.39, 0.29) is 12.5 Å². The highest BCUT2D eigenvalue weighted by Crippen LogP contribution is 2.23. The van der Waals surface area contributed by atoms with Gasteiger partial charge in [0.25, 0.3) is 0 Å². The van der Waals surface area contributed by atoms with Gasteiger partial charge in [-0.3, -0.25) is 4.79 Å². The van der Waals surface area contributed by atoms with Gasteiger partial charge in [0, 0.05) is 6.42 Å². The van der Waals surface area contributed by atoms with Gasteiger partial charge in [0.1, 0.15) is 24.4 Å². The van der Waals surface area contributed by atoms with Crippen LogP contribution in [0.4, 0.5) is 0 Å². The molecule has 82 heavy (non-hydrogen) atoms. The molecule has 0 aliphatic carbocycles. The number of hydrogen-bond donors (Lipinski definition) is 6. The van der Waals surface area contributed by atoms with Crippen LogP contribution in [0.15, 0.2) is 48.6 Å². The van der Waals surface area contributed by atoms with Gasteiger partial charge in [0.05, 0.1) is 25.4 Å². The predicted molar refractivity (Wildman–Crippen MR) is 350 cm³/mol. The molecule has 9 heteroatoms. The highest BCUT2D eigenvalue weighted by atomic mass is 16.7. The SMILES string of the molecule is CCCCCCC/C=C\C/C=C\C/C=C\CCCCCCCCCCCCCCCCCCC(=O)NC(COC1OC(CO)C(O)C(O)C1O)C(O)/C=C/CCCCCCCCCCCCCCCCCCCCCCCCCCCC. The first-order valence-corrected chi connectivity index (χ1v) is 35.9. The predicted octanol–water partition coefficient (Wildman–Crippen LogP) is 19.6. The average molecular weight is 1160 g/mol. The van der Waals surface area contributed by atoms with Crippen molar-refractivity contribution in [3.63, 3.8) is 0 Å². The number of aliphatic hydroxyl groups is 5. The van der Waals surface area contributed by atoms with Gasteiger partial charge in [-0.2, -0.15) is 0 Å². The number of carbonyl (C=O) groups is 1. The van der Waals surface area contributed by atoms with E-state index in [1.54, 1.807) is 6.08 Å². The zero-order valence-corrected chi connectivity index (χ0v) is 54.0. The number of carbonyl (C=O) groups excluding carboxylic acids is 1. The summed E-state index contributed by atoms with van der Waals surface area (Å²) < 4.78 is 11.3. The van der Waals surface area contributed by atoms with Crippen LogP contribution < -0.4 is 5.32 Å². The van der Waals surface area contributed by atoms with Crippen molar-refractivity contribution in [2.45, 2.75) is 397 Å². The molecule has 1 heterocycles. The highest BCUT2D eigenvalue weighted by molar-refractivity contribution is 5.76. The molecule has 482 valence electrons. The molecule has 1 aliphatic rings. The fourth-order valence-electron chi connectivity index (χ4n) is 11.5. The van der Waals surface area contributed by atoms with Crippen LogP contribution >= 0.6 is 0 Å². The van der Waals surface area contributed by atoms with Gasteiger partial charge in [-0.25, -0.2) is 0 Å². The number of rotatable bonds is 63. The van der Waals surface area contributed by atoms with Crippen LogP contribution in [0.2, 0.25) is 0 Å². The van der Waals surface area contributed by atoms with E-state index in [0.29, 0.717) is 6.42 Å². The summed E-state index contributed by atoms with van der Waals surface area (Å²) in [4.78, 5) is 13.1. The molecule has 0 bridgehead atoms. The first-order valence-electron chi connectivity index (χ1n) is 35.9. The van der Waals surface area contributed by atoms with Gasteiger partial charge < -0.3 is 40.3 Å². The van der Waals surface area contributed by atoms with E-state index in [1.807, 2.05) is 6.08 Å². The quantitative estimate of drug-likeness (QED) is 0.0261. The number of hydrogen-bond acceptors (Lipinski definition) is 8. The molecule has 1 amide bonds. The van der Waals surface area contributed by atoms with Gasteiger partial charge in [-0.05, 0) is 57.8 Å². The van der Waals surface area contributed by atoms with Crippen LogP contribution in [0.3, 0.4) is 0 Å². The van der Waals surface area contributed by atoms with E-state index in [4.69, 9.17) is 9.47 Å². The molecule has 0 spiro atoms. The summed E-state index contributed by atoms with van der Waals surface area (Å²) in [5, 5.41) is 54.8. The summed E-state index contributed by atoms with van der Waals surface area (Å²) in [5.74, 6) is -0.172. The lowest BCUT2D eigenvalue weighted by molar-refractivity contribution is -0.302. The summed E-state index contributed by atoms with van der Waals surface area (Å²) >= 11 is 0. The van der Waals surface area contributed by atoms with E-state index in [0.717, 1.165) is 51.4 Å². The highest BCUT2D eigenvalue weighted by Gasteiger charge is 2.44.